The number of aromatic carboxylic acids is 2. The zero-order valence-electron chi connectivity index (χ0n) is 22.7. The summed E-state index contributed by atoms with van der Waals surface area (Å²) in [6.45, 7) is 3.63. The minimum atomic E-state index is -1.11. The minimum absolute atomic E-state index is 0.0436. The summed E-state index contributed by atoms with van der Waals surface area (Å²) in [6, 6.07) is 17.3. The number of carboxylic acids is 2. The number of aromatic nitrogens is 1. The molecule has 0 bridgehead atoms. The Hall–Kier alpha value is -5.51. The molecule has 0 radical (unpaired) electrons. The van der Waals surface area contributed by atoms with Gasteiger partial charge in [-0.3, -0.25) is 14.2 Å². The van der Waals surface area contributed by atoms with E-state index in [1.54, 1.807) is 13.0 Å². The second-order valence-corrected chi connectivity index (χ2v) is 9.88. The Morgan fingerprint density at radius 1 is 0.829 bits per heavy atom. The van der Waals surface area contributed by atoms with Gasteiger partial charge in [0.15, 0.2) is 5.49 Å². The van der Waals surface area contributed by atoms with Gasteiger partial charge in [0.1, 0.15) is 0 Å². The van der Waals surface area contributed by atoms with Crippen molar-refractivity contribution in [2.24, 2.45) is 5.10 Å². The molecule has 3 aromatic carbocycles. The molecule has 0 atom stereocenters. The molecule has 0 saturated heterocycles. The zero-order chi connectivity index (χ0) is 29.6. The fourth-order valence-corrected chi connectivity index (χ4v) is 4.73. The molecule has 10 heteroatoms. The number of pyridine rings is 1. The van der Waals surface area contributed by atoms with Crippen LogP contribution in [0.2, 0.25) is 0 Å². The van der Waals surface area contributed by atoms with Crippen LogP contribution in [0, 0.1) is 13.8 Å². The van der Waals surface area contributed by atoms with Gasteiger partial charge >= 0.3 is 11.9 Å². The van der Waals surface area contributed by atoms with Gasteiger partial charge in [0.25, 0.3) is 11.5 Å². The molecule has 5 rings (SSSR count). The predicted octanol–water partition coefficient (Wildman–Crippen LogP) is 2.94. The fourth-order valence-electron chi connectivity index (χ4n) is 4.73. The number of rotatable bonds is 6. The van der Waals surface area contributed by atoms with Crippen LogP contribution in [0.4, 0.5) is 11.4 Å². The number of carbonyl (C=O) groups excluding carboxylic acids is 1. The highest BCUT2D eigenvalue weighted by atomic mass is 16.4. The molecule has 2 heterocycles. The number of carbonyl (C=O) groups is 3. The highest BCUT2D eigenvalue weighted by molar-refractivity contribution is 6.08. The van der Waals surface area contributed by atoms with E-state index in [4.69, 9.17) is 0 Å². The molecule has 0 unspecified atom stereocenters. The lowest BCUT2D eigenvalue weighted by Crippen LogP contribution is -2.45. The number of hydrogen-bond donors (Lipinski definition) is 2. The fraction of sp³-hybridized carbons (Fsp3) is 0.129. The number of benzene rings is 3. The van der Waals surface area contributed by atoms with E-state index in [-0.39, 0.29) is 22.2 Å². The van der Waals surface area contributed by atoms with Crippen LogP contribution in [0.3, 0.4) is 0 Å². The molecular weight excluding hydrogens is 524 g/mol. The van der Waals surface area contributed by atoms with Gasteiger partial charge in [-0.15, -0.1) is 5.10 Å². The summed E-state index contributed by atoms with van der Waals surface area (Å²) >= 11 is 0. The number of fused-ring (bicyclic) bond motifs is 1. The molecule has 0 spiro atoms. The highest BCUT2D eigenvalue weighted by Crippen LogP contribution is 2.22. The van der Waals surface area contributed by atoms with E-state index in [1.165, 1.54) is 53.1 Å². The summed E-state index contributed by atoms with van der Waals surface area (Å²) in [6.07, 6.45) is 1.74. The van der Waals surface area contributed by atoms with Gasteiger partial charge in [-0.25, -0.2) is 9.59 Å². The van der Waals surface area contributed by atoms with Crippen molar-refractivity contribution >= 4 is 35.3 Å². The molecule has 41 heavy (non-hydrogen) atoms. The van der Waals surface area contributed by atoms with Crippen LogP contribution in [0.5, 0.6) is 0 Å². The Bertz CT molecular complexity index is 1920. The van der Waals surface area contributed by atoms with Crippen LogP contribution in [-0.4, -0.2) is 46.7 Å². The number of anilines is 2. The number of hydrogen-bond acceptors (Lipinski definition) is 6. The Morgan fingerprint density at radius 3 is 1.90 bits per heavy atom. The first kappa shape index (κ1) is 27.1. The summed E-state index contributed by atoms with van der Waals surface area (Å²) in [5.41, 5.74) is 3.82. The second kappa shape index (κ2) is 10.2. The Labute approximate surface area is 234 Å². The average Bonchev–Trinajstić information content (AvgIpc) is 3.28. The van der Waals surface area contributed by atoms with Crippen LogP contribution in [-0.2, 0) is 0 Å². The first-order valence-corrected chi connectivity index (χ1v) is 12.6. The molecule has 4 aromatic rings. The molecule has 1 aliphatic heterocycles. The van der Waals surface area contributed by atoms with E-state index in [9.17, 15) is 29.4 Å². The van der Waals surface area contributed by atoms with Crippen LogP contribution in [0.1, 0.15) is 47.8 Å². The van der Waals surface area contributed by atoms with Gasteiger partial charge < -0.3 is 15.1 Å². The summed E-state index contributed by atoms with van der Waals surface area (Å²) in [4.78, 5) is 52.6. The average molecular weight is 551 g/mol. The van der Waals surface area contributed by atoms with E-state index >= 15 is 0 Å². The van der Waals surface area contributed by atoms with Gasteiger partial charge in [-0.2, -0.15) is 5.01 Å². The lowest BCUT2D eigenvalue weighted by Gasteiger charge is -2.14. The second-order valence-electron chi connectivity index (χ2n) is 9.88. The quantitative estimate of drug-likeness (QED) is 0.377. The number of nitrogens with zero attached hydrogens (tertiary/aromatic N) is 4. The van der Waals surface area contributed by atoms with Crippen molar-refractivity contribution in [3.8, 4) is 5.69 Å². The Morgan fingerprint density at radius 2 is 1.39 bits per heavy atom. The summed E-state index contributed by atoms with van der Waals surface area (Å²) in [5, 5.41) is 24.5. The normalized spacial score (nSPS) is 12.7. The predicted molar refractivity (Wildman–Crippen MR) is 154 cm³/mol. The van der Waals surface area contributed by atoms with Gasteiger partial charge in [0.2, 0.25) is 0 Å². The van der Waals surface area contributed by atoms with Crippen LogP contribution < -0.4 is 26.2 Å². The third kappa shape index (κ3) is 4.76. The van der Waals surface area contributed by atoms with Gasteiger partial charge in [0, 0.05) is 25.0 Å². The molecule has 2 N–H and O–H groups in total. The van der Waals surface area contributed by atoms with Crippen molar-refractivity contribution in [3.05, 3.63) is 121 Å². The molecular formula is C31H26N4O6. The Balaban J connectivity index is 1.78. The molecule has 1 aromatic heterocycles. The first-order chi connectivity index (χ1) is 19.5. The standard InChI is InChI=1S/C31H26N4O6/c1-17-15-24(33(3)4)14-9-21(17)16-25-18(2)26-27(34(28(25)36)22-10-5-19(6-11-22)30(38)39)32-35(29(26)37)23-12-7-20(8-13-23)31(40)41/h5-16H,1-4H3,(H,38,39)(H,40,41)/b25-16-. The van der Waals surface area contributed by atoms with Crippen molar-refractivity contribution in [2.75, 3.05) is 24.0 Å². The van der Waals surface area contributed by atoms with Gasteiger partial charge in [0.05, 0.1) is 28.1 Å². The molecule has 0 aliphatic carbocycles. The minimum Gasteiger partial charge on any atom is -0.478 e. The number of amides is 1. The van der Waals surface area contributed by atoms with Crippen LogP contribution in [0.25, 0.3) is 11.8 Å². The van der Waals surface area contributed by atoms with E-state index in [0.717, 1.165) is 21.8 Å². The van der Waals surface area contributed by atoms with E-state index in [1.807, 2.05) is 44.1 Å². The van der Waals surface area contributed by atoms with Crippen molar-refractivity contribution in [2.45, 2.75) is 13.8 Å². The molecule has 206 valence electrons. The molecule has 0 saturated carbocycles. The van der Waals surface area contributed by atoms with Crippen LogP contribution >= 0.6 is 0 Å². The largest absolute Gasteiger partial charge is 0.478 e. The summed E-state index contributed by atoms with van der Waals surface area (Å²) < 4.78 is 1.30. The smallest absolute Gasteiger partial charge is 0.335 e. The monoisotopic (exact) mass is 550 g/mol. The lowest BCUT2D eigenvalue weighted by molar-refractivity contribution is 0.0686. The maximum Gasteiger partial charge on any atom is 0.335 e. The number of aryl methyl sites for hydroxylation is 1. The van der Waals surface area contributed by atoms with E-state index in [2.05, 4.69) is 5.10 Å². The molecule has 0 fully saturated rings. The zero-order valence-corrected chi connectivity index (χ0v) is 22.7. The third-order valence-corrected chi connectivity index (χ3v) is 7.05. The third-order valence-electron chi connectivity index (χ3n) is 7.05. The van der Waals surface area contributed by atoms with Gasteiger partial charge in [-0.05, 0) is 97.3 Å². The number of carboxylic acid groups (broad SMARTS) is 2. The highest BCUT2D eigenvalue weighted by Gasteiger charge is 2.31. The van der Waals surface area contributed by atoms with E-state index < -0.39 is 23.4 Å². The van der Waals surface area contributed by atoms with Crippen molar-refractivity contribution in [1.82, 2.24) is 4.57 Å². The van der Waals surface area contributed by atoms with Crippen molar-refractivity contribution < 1.29 is 24.6 Å². The first-order valence-electron chi connectivity index (χ1n) is 12.6. The maximum atomic E-state index is 14.1. The van der Waals surface area contributed by atoms with E-state index in [0.29, 0.717) is 22.2 Å². The van der Waals surface area contributed by atoms with Crippen LogP contribution in [0.15, 0.2) is 76.6 Å². The SMILES string of the molecule is Cc1cc(N(C)C)ccc1/C=c1/c(C)c2c(n(-c3ccc(C(=O)O)cc3)c1=O)=NN(c1ccc(C(=O)O)cc1)C2=O. The summed E-state index contributed by atoms with van der Waals surface area (Å²) in [5.74, 6) is -2.70. The van der Waals surface area contributed by atoms with Crippen molar-refractivity contribution in [3.63, 3.8) is 0 Å². The molecule has 10 nitrogen and oxygen atoms in total. The summed E-state index contributed by atoms with van der Waals surface area (Å²) in [7, 11) is 3.88. The van der Waals surface area contributed by atoms with Gasteiger partial charge in [-0.1, -0.05) is 6.07 Å². The maximum absolute atomic E-state index is 14.1. The Kier molecular flexibility index (Phi) is 6.76. The molecule has 1 amide bonds. The topological polar surface area (TPSA) is 133 Å². The lowest BCUT2D eigenvalue weighted by atomic mass is 10.0. The van der Waals surface area contributed by atoms with Crippen molar-refractivity contribution in [1.29, 1.82) is 0 Å². The molecule has 1 aliphatic rings.